The number of hydrogen-bond donors (Lipinski definition) is 0. The minimum atomic E-state index is -0.842. The molecule has 0 saturated carbocycles. The third kappa shape index (κ3) is 7.28. The summed E-state index contributed by atoms with van der Waals surface area (Å²) in [6.45, 7) is 3.64. The molecule has 1 aliphatic rings. The molecule has 4 atom stereocenters. The molecule has 0 N–H and O–H groups in total. The van der Waals surface area contributed by atoms with Crippen LogP contribution in [0.25, 0.3) is 0 Å². The van der Waals surface area contributed by atoms with Gasteiger partial charge in [0, 0.05) is 6.42 Å². The summed E-state index contributed by atoms with van der Waals surface area (Å²) in [6.07, 6.45) is -0.579. The second-order valence-electron chi connectivity index (χ2n) is 10.9. The Balaban J connectivity index is 1.43. The van der Waals surface area contributed by atoms with Crippen LogP contribution < -0.4 is 0 Å². The van der Waals surface area contributed by atoms with Crippen molar-refractivity contribution < 1.29 is 33.3 Å². The van der Waals surface area contributed by atoms with Crippen molar-refractivity contribution in [3.8, 4) is 6.07 Å². The number of carbonyl (C=O) groups is 3. The van der Waals surface area contributed by atoms with Crippen LogP contribution >= 0.6 is 0 Å². The molecular weight excluding hydrogens is 574 g/mol. The predicted octanol–water partition coefficient (Wildman–Crippen LogP) is 5.51. The number of benzene rings is 3. The van der Waals surface area contributed by atoms with E-state index < -0.39 is 42.3 Å². The van der Waals surface area contributed by atoms with Gasteiger partial charge in [0.15, 0.2) is 5.69 Å². The first-order valence-electron chi connectivity index (χ1n) is 14.5. The summed E-state index contributed by atoms with van der Waals surface area (Å²) in [5, 5.41) is 10.2. The third-order valence-electron chi connectivity index (χ3n) is 7.68. The maximum absolute atomic E-state index is 13.1. The molecule has 10 heteroatoms. The van der Waals surface area contributed by atoms with Gasteiger partial charge in [-0.05, 0) is 50.1 Å². The average Bonchev–Trinajstić information content (AvgIpc) is 3.67. The number of aromatic nitrogens is 2. The molecule has 3 aromatic carbocycles. The summed E-state index contributed by atoms with van der Waals surface area (Å²) in [7, 11) is 1.24. The predicted molar refractivity (Wildman–Crippen MR) is 162 cm³/mol. The normalized spacial score (nSPS) is 18.0. The van der Waals surface area contributed by atoms with E-state index in [2.05, 4.69) is 11.1 Å². The molecule has 1 fully saturated rings. The van der Waals surface area contributed by atoms with Gasteiger partial charge in [-0.25, -0.2) is 19.4 Å². The lowest BCUT2D eigenvalue weighted by Crippen LogP contribution is -2.32. The Labute approximate surface area is 261 Å². The van der Waals surface area contributed by atoms with E-state index in [4.69, 9.17) is 18.9 Å². The lowest BCUT2D eigenvalue weighted by atomic mass is 9.95. The molecule has 0 aliphatic carbocycles. The van der Waals surface area contributed by atoms with E-state index >= 15 is 0 Å². The van der Waals surface area contributed by atoms with Crippen molar-refractivity contribution in [3.63, 3.8) is 0 Å². The van der Waals surface area contributed by atoms with Crippen LogP contribution in [0, 0.1) is 25.2 Å². The van der Waals surface area contributed by atoms with Gasteiger partial charge in [-0.1, -0.05) is 65.7 Å². The van der Waals surface area contributed by atoms with Crippen LogP contribution in [0.5, 0.6) is 0 Å². The van der Waals surface area contributed by atoms with E-state index in [1.54, 1.807) is 28.8 Å². The van der Waals surface area contributed by atoms with Crippen LogP contribution in [-0.2, 0) is 25.4 Å². The number of methoxy groups -OCH3 is 1. The number of aryl methyl sites for hydroxylation is 2. The Morgan fingerprint density at radius 3 is 2.16 bits per heavy atom. The highest BCUT2D eigenvalue weighted by molar-refractivity contribution is 5.90. The summed E-state index contributed by atoms with van der Waals surface area (Å²) < 4.78 is 24.4. The molecule has 230 valence electrons. The molecule has 0 bridgehead atoms. The lowest BCUT2D eigenvalue weighted by Gasteiger charge is -2.20. The molecule has 1 unspecified atom stereocenters. The quantitative estimate of drug-likeness (QED) is 0.169. The molecule has 5 rings (SSSR count). The summed E-state index contributed by atoms with van der Waals surface area (Å²) >= 11 is 0. The lowest BCUT2D eigenvalue weighted by molar-refractivity contribution is -0.0578. The van der Waals surface area contributed by atoms with Crippen molar-refractivity contribution in [2.24, 2.45) is 0 Å². The van der Waals surface area contributed by atoms with Crippen molar-refractivity contribution in [1.29, 1.82) is 5.26 Å². The highest BCUT2D eigenvalue weighted by atomic mass is 16.6. The number of hydrogen-bond acceptors (Lipinski definition) is 9. The van der Waals surface area contributed by atoms with Crippen LogP contribution in [0.3, 0.4) is 0 Å². The second-order valence-corrected chi connectivity index (χ2v) is 10.9. The number of nitrogens with zero attached hydrogens (tertiary/aromatic N) is 3. The van der Waals surface area contributed by atoms with Crippen LogP contribution in [0.2, 0.25) is 0 Å². The first-order valence-corrected chi connectivity index (χ1v) is 14.5. The van der Waals surface area contributed by atoms with Gasteiger partial charge in [0.2, 0.25) is 0 Å². The fourth-order valence-corrected chi connectivity index (χ4v) is 5.22. The van der Waals surface area contributed by atoms with Gasteiger partial charge in [-0.3, -0.25) is 0 Å². The van der Waals surface area contributed by atoms with E-state index in [9.17, 15) is 19.6 Å². The van der Waals surface area contributed by atoms with Crippen LogP contribution in [-0.4, -0.2) is 53.4 Å². The van der Waals surface area contributed by atoms with Crippen molar-refractivity contribution in [2.45, 2.75) is 51.0 Å². The number of nitriles is 1. The number of rotatable bonds is 10. The largest absolute Gasteiger partial charge is 0.464 e. The van der Waals surface area contributed by atoms with Gasteiger partial charge in [0.1, 0.15) is 25.0 Å². The third-order valence-corrected chi connectivity index (χ3v) is 7.68. The first-order chi connectivity index (χ1) is 21.8. The number of carbonyl (C=O) groups excluding carboxylic acids is 3. The Morgan fingerprint density at radius 1 is 0.933 bits per heavy atom. The molecule has 1 aliphatic heterocycles. The highest BCUT2D eigenvalue weighted by Gasteiger charge is 2.42. The van der Waals surface area contributed by atoms with Gasteiger partial charge in [-0.2, -0.15) is 5.26 Å². The van der Waals surface area contributed by atoms with E-state index in [0.717, 1.165) is 16.7 Å². The summed E-state index contributed by atoms with van der Waals surface area (Å²) in [5.74, 6) is -2.57. The maximum atomic E-state index is 13.1. The van der Waals surface area contributed by atoms with Gasteiger partial charge in [0.05, 0.1) is 42.2 Å². The zero-order valence-electron chi connectivity index (χ0n) is 25.2. The molecule has 45 heavy (non-hydrogen) atoms. The van der Waals surface area contributed by atoms with Crippen molar-refractivity contribution >= 4 is 17.9 Å². The zero-order valence-corrected chi connectivity index (χ0v) is 25.2. The smallest absolute Gasteiger partial charge is 0.358 e. The highest BCUT2D eigenvalue weighted by Crippen LogP contribution is 2.36. The van der Waals surface area contributed by atoms with Crippen molar-refractivity contribution in [3.05, 3.63) is 124 Å². The summed E-state index contributed by atoms with van der Waals surface area (Å²) in [4.78, 5) is 43.0. The second kappa shape index (κ2) is 14.0. The minimum absolute atomic E-state index is 0.00831. The summed E-state index contributed by atoms with van der Waals surface area (Å²) in [5.41, 5.74) is 3.94. The number of ether oxygens (including phenoxy) is 4. The van der Waals surface area contributed by atoms with E-state index in [1.165, 1.54) is 13.4 Å². The molecular formula is C35H33N3O7. The number of esters is 3. The van der Waals surface area contributed by atoms with E-state index in [1.807, 2.05) is 68.4 Å². The SMILES string of the molecule is COC(=O)c1ncn([C@H]2C[C@H](OC(=O)c3ccc(C)cc3)[C@@H](COC(=O)c3ccc(C)cc3)O2)c1C(C#N)Cc1ccccc1. The van der Waals surface area contributed by atoms with Gasteiger partial charge in [0.25, 0.3) is 0 Å². The molecule has 1 aromatic heterocycles. The van der Waals surface area contributed by atoms with Gasteiger partial charge < -0.3 is 23.5 Å². The Bertz CT molecular complexity index is 1690. The molecule has 4 aromatic rings. The topological polar surface area (TPSA) is 130 Å². The molecule has 10 nitrogen and oxygen atoms in total. The zero-order chi connectivity index (χ0) is 31.9. The van der Waals surface area contributed by atoms with Crippen LogP contribution in [0.4, 0.5) is 0 Å². The van der Waals surface area contributed by atoms with E-state index in [0.29, 0.717) is 23.2 Å². The fourth-order valence-electron chi connectivity index (χ4n) is 5.22. The monoisotopic (exact) mass is 607 g/mol. The molecule has 2 heterocycles. The standard InChI is InChI=1S/C35H33N3O7/c1-22-9-13-25(14-10-22)33(39)43-20-29-28(45-34(40)26-15-11-23(2)12-16-26)18-30(44-29)38-21-37-31(35(41)42-3)32(38)27(19-36)17-24-7-5-4-6-8-24/h4-16,21,27-30H,17-18,20H2,1-3H3/t27?,28-,29+,30+/m0/s1. The Morgan fingerprint density at radius 2 is 1.56 bits per heavy atom. The van der Waals surface area contributed by atoms with Crippen molar-refractivity contribution in [2.75, 3.05) is 13.7 Å². The minimum Gasteiger partial charge on any atom is -0.464 e. The number of imidazole rings is 1. The van der Waals surface area contributed by atoms with Crippen LogP contribution in [0.1, 0.15) is 72.2 Å². The van der Waals surface area contributed by atoms with Crippen LogP contribution in [0.15, 0.2) is 85.2 Å². The summed E-state index contributed by atoms with van der Waals surface area (Å²) in [6, 6.07) is 25.7. The Hall–Kier alpha value is -5.27. The average molecular weight is 608 g/mol. The maximum Gasteiger partial charge on any atom is 0.358 e. The molecule has 0 radical (unpaired) electrons. The van der Waals surface area contributed by atoms with Crippen molar-refractivity contribution in [1.82, 2.24) is 9.55 Å². The Kier molecular flexibility index (Phi) is 9.70. The van der Waals surface area contributed by atoms with E-state index in [-0.39, 0.29) is 18.7 Å². The molecule has 1 saturated heterocycles. The van der Waals surface area contributed by atoms with Gasteiger partial charge >= 0.3 is 17.9 Å². The van der Waals surface area contributed by atoms with Gasteiger partial charge in [-0.15, -0.1) is 0 Å². The fraction of sp³-hybridized carbons (Fsp3) is 0.286. The molecule has 0 amide bonds. The first kappa shape index (κ1) is 31.2. The molecule has 0 spiro atoms.